The van der Waals surface area contributed by atoms with Crippen LogP contribution in [-0.4, -0.2) is 94.7 Å². The summed E-state index contributed by atoms with van der Waals surface area (Å²) >= 11 is 0. The largest absolute Gasteiger partial charge is 0.411 e. The van der Waals surface area contributed by atoms with Crippen LogP contribution in [0, 0.1) is 11.8 Å². The van der Waals surface area contributed by atoms with E-state index in [1.54, 1.807) is 38.1 Å². The first-order valence-corrected chi connectivity index (χ1v) is 17.9. The number of nitrogen functional groups attached to an aromatic ring is 1. The fourth-order valence-electron chi connectivity index (χ4n) is 5.99. The molecule has 0 spiro atoms. The standard InChI is InChI=1S/C36H46N6O7S/c1-24(2)20-40(50(48,49)30-15-13-27(14-16-30)19-38-47)22-32(43)31(18-26-9-6-5-7-10-26)39-35(45)34(25(3)4)42-23-33(44)41(36(42)46)21-28-11-8-12-29(37)17-28/h5-17,19,24-25,31-32,34,43,47H,18,20-23,37H2,1-4H3,(H,39,45)/t31-,32+,34-/m0/s1. The molecule has 268 valence electrons. The fourth-order valence-corrected chi connectivity index (χ4v) is 7.61. The van der Waals surface area contributed by atoms with Crippen molar-refractivity contribution in [2.24, 2.45) is 17.0 Å². The van der Waals surface area contributed by atoms with Gasteiger partial charge in [-0.2, -0.15) is 4.31 Å². The zero-order chi connectivity index (χ0) is 36.6. The Bertz CT molecular complexity index is 1770. The van der Waals surface area contributed by atoms with Crippen molar-refractivity contribution in [1.29, 1.82) is 0 Å². The molecule has 1 saturated heterocycles. The molecule has 1 aliphatic heterocycles. The number of benzene rings is 3. The van der Waals surface area contributed by atoms with Crippen LogP contribution in [0.25, 0.3) is 0 Å². The monoisotopic (exact) mass is 706 g/mol. The normalized spacial score (nSPS) is 15.8. The highest BCUT2D eigenvalue weighted by Crippen LogP contribution is 2.24. The van der Waals surface area contributed by atoms with E-state index < -0.39 is 52.0 Å². The quantitative estimate of drug-likeness (QED) is 0.0575. The highest BCUT2D eigenvalue weighted by atomic mass is 32.2. The molecular weight excluding hydrogens is 660 g/mol. The van der Waals surface area contributed by atoms with E-state index >= 15 is 0 Å². The van der Waals surface area contributed by atoms with Crippen molar-refractivity contribution >= 4 is 39.8 Å². The van der Waals surface area contributed by atoms with Crippen molar-refractivity contribution in [3.05, 3.63) is 95.6 Å². The van der Waals surface area contributed by atoms with Gasteiger partial charge in [0.05, 0.1) is 29.8 Å². The summed E-state index contributed by atoms with van der Waals surface area (Å²) in [6.07, 6.45) is -0.0226. The second-order valence-corrected chi connectivity index (χ2v) is 15.2. The lowest BCUT2D eigenvalue weighted by molar-refractivity contribution is -0.129. The summed E-state index contributed by atoms with van der Waals surface area (Å²) in [5.74, 6) is -1.54. The second-order valence-electron chi connectivity index (χ2n) is 13.2. The first-order valence-electron chi connectivity index (χ1n) is 16.5. The lowest BCUT2D eigenvalue weighted by Gasteiger charge is -2.34. The van der Waals surface area contributed by atoms with Crippen LogP contribution in [-0.2, 0) is 32.6 Å². The van der Waals surface area contributed by atoms with Gasteiger partial charge in [-0.1, -0.05) is 87.4 Å². The summed E-state index contributed by atoms with van der Waals surface area (Å²) in [7, 11) is -4.10. The van der Waals surface area contributed by atoms with E-state index in [2.05, 4.69) is 10.5 Å². The van der Waals surface area contributed by atoms with Gasteiger partial charge in [0.15, 0.2) is 0 Å². The van der Waals surface area contributed by atoms with Crippen LogP contribution in [0.3, 0.4) is 0 Å². The Hall–Kier alpha value is -4.79. The van der Waals surface area contributed by atoms with Gasteiger partial charge < -0.3 is 26.3 Å². The number of oxime groups is 1. The lowest BCUT2D eigenvalue weighted by Crippen LogP contribution is -2.57. The highest BCUT2D eigenvalue weighted by Gasteiger charge is 2.44. The third-order valence-corrected chi connectivity index (χ3v) is 10.2. The van der Waals surface area contributed by atoms with Crippen molar-refractivity contribution < 1.29 is 33.1 Å². The summed E-state index contributed by atoms with van der Waals surface area (Å²) in [5.41, 5.74) is 8.33. The minimum Gasteiger partial charge on any atom is -0.411 e. The van der Waals surface area contributed by atoms with Crippen molar-refractivity contribution in [2.75, 3.05) is 25.4 Å². The van der Waals surface area contributed by atoms with Crippen LogP contribution < -0.4 is 11.1 Å². The Morgan fingerprint density at radius 2 is 1.64 bits per heavy atom. The topological polar surface area (TPSA) is 186 Å². The van der Waals surface area contributed by atoms with E-state index in [0.717, 1.165) is 10.5 Å². The van der Waals surface area contributed by atoms with Crippen molar-refractivity contribution in [3.63, 3.8) is 0 Å². The number of hydrogen-bond donors (Lipinski definition) is 4. The van der Waals surface area contributed by atoms with E-state index in [4.69, 9.17) is 10.9 Å². The number of aliphatic hydroxyl groups is 1. The lowest BCUT2D eigenvalue weighted by atomic mass is 9.97. The summed E-state index contributed by atoms with van der Waals surface area (Å²) < 4.78 is 28.9. The summed E-state index contributed by atoms with van der Waals surface area (Å²) in [4.78, 5) is 43.1. The number of sulfonamides is 1. The first-order chi connectivity index (χ1) is 23.7. The summed E-state index contributed by atoms with van der Waals surface area (Å²) in [6.45, 7) is 6.70. The molecule has 0 bridgehead atoms. The Morgan fingerprint density at radius 3 is 2.24 bits per heavy atom. The van der Waals surface area contributed by atoms with Crippen LogP contribution in [0.15, 0.2) is 88.9 Å². The molecule has 0 saturated carbocycles. The molecule has 0 aliphatic carbocycles. The van der Waals surface area contributed by atoms with Crippen molar-refractivity contribution in [3.8, 4) is 0 Å². The summed E-state index contributed by atoms with van der Waals surface area (Å²) in [5, 5.41) is 26.4. The Kier molecular flexibility index (Phi) is 12.7. The van der Waals surface area contributed by atoms with Crippen LogP contribution in [0.4, 0.5) is 10.5 Å². The molecule has 1 heterocycles. The molecule has 1 fully saturated rings. The van der Waals surface area contributed by atoms with E-state index in [-0.39, 0.29) is 43.4 Å². The number of imide groups is 1. The van der Waals surface area contributed by atoms with E-state index in [0.29, 0.717) is 16.8 Å². The average molecular weight is 707 g/mol. The molecule has 50 heavy (non-hydrogen) atoms. The maximum atomic E-state index is 14.1. The zero-order valence-electron chi connectivity index (χ0n) is 28.7. The maximum Gasteiger partial charge on any atom is 0.328 e. The second kappa shape index (κ2) is 16.7. The maximum absolute atomic E-state index is 14.1. The van der Waals surface area contributed by atoms with Crippen LogP contribution >= 0.6 is 0 Å². The number of nitrogens with two attached hydrogens (primary N) is 1. The number of hydrogen-bond acceptors (Lipinski definition) is 9. The number of carbonyl (C=O) groups is 3. The Morgan fingerprint density at radius 1 is 0.980 bits per heavy atom. The molecule has 0 radical (unpaired) electrons. The van der Waals surface area contributed by atoms with Gasteiger partial charge in [0, 0.05) is 18.8 Å². The molecule has 5 N–H and O–H groups in total. The highest BCUT2D eigenvalue weighted by molar-refractivity contribution is 7.89. The minimum atomic E-state index is -4.10. The van der Waals surface area contributed by atoms with Gasteiger partial charge in [0.2, 0.25) is 15.9 Å². The molecule has 3 atom stereocenters. The van der Waals surface area contributed by atoms with Crippen LogP contribution in [0.5, 0.6) is 0 Å². The van der Waals surface area contributed by atoms with Crippen LogP contribution in [0.2, 0.25) is 0 Å². The van der Waals surface area contributed by atoms with Gasteiger partial charge in [-0.25, -0.2) is 13.2 Å². The first kappa shape index (κ1) is 38.0. The molecule has 1 aliphatic rings. The molecule has 4 amide bonds. The minimum absolute atomic E-state index is 0.00109. The van der Waals surface area contributed by atoms with Gasteiger partial charge in [-0.3, -0.25) is 14.5 Å². The number of rotatable bonds is 16. The number of carbonyl (C=O) groups excluding carboxylic acids is 3. The molecule has 0 unspecified atom stereocenters. The van der Waals surface area contributed by atoms with Crippen molar-refractivity contribution in [2.45, 2.75) is 63.7 Å². The number of nitrogens with zero attached hydrogens (tertiary/aromatic N) is 4. The summed E-state index contributed by atoms with van der Waals surface area (Å²) in [6, 6.07) is 19.2. The Balaban J connectivity index is 1.59. The van der Waals surface area contributed by atoms with Gasteiger partial charge in [-0.15, -0.1) is 0 Å². The third-order valence-electron chi connectivity index (χ3n) is 8.39. The van der Waals surface area contributed by atoms with E-state index in [1.165, 1.54) is 39.7 Å². The number of amides is 4. The average Bonchev–Trinajstić information content (AvgIpc) is 3.32. The molecular formula is C36H46N6O7S. The predicted octanol–water partition coefficient (Wildman–Crippen LogP) is 3.30. The van der Waals surface area contributed by atoms with Gasteiger partial charge in [0.25, 0.3) is 5.91 Å². The van der Waals surface area contributed by atoms with E-state index in [1.807, 2.05) is 44.2 Å². The van der Waals surface area contributed by atoms with E-state index in [9.17, 15) is 27.9 Å². The molecule has 14 heteroatoms. The number of nitrogens with one attached hydrogen (secondary N) is 1. The number of urea groups is 1. The van der Waals surface area contributed by atoms with Crippen LogP contribution in [0.1, 0.15) is 44.4 Å². The third kappa shape index (κ3) is 9.46. The number of anilines is 1. The molecule has 0 aromatic heterocycles. The predicted molar refractivity (Wildman–Crippen MR) is 190 cm³/mol. The smallest absolute Gasteiger partial charge is 0.328 e. The zero-order valence-corrected chi connectivity index (χ0v) is 29.5. The number of aliphatic hydroxyl groups excluding tert-OH is 1. The van der Waals surface area contributed by atoms with Gasteiger partial charge in [-0.05, 0) is 59.2 Å². The van der Waals surface area contributed by atoms with Crippen molar-refractivity contribution in [1.82, 2.24) is 19.4 Å². The van der Waals surface area contributed by atoms with Gasteiger partial charge in [0.1, 0.15) is 12.6 Å². The molecule has 3 aromatic rings. The fraction of sp³-hybridized carbons (Fsp3) is 0.389. The van der Waals surface area contributed by atoms with Gasteiger partial charge >= 0.3 is 6.03 Å². The molecule has 13 nitrogen and oxygen atoms in total. The molecule has 4 rings (SSSR count). The Labute approximate surface area is 293 Å². The SMILES string of the molecule is CC(C)CN(C[C@@H](O)[C@H](Cc1ccccc1)NC(=O)[C@H](C(C)C)N1CC(=O)N(Cc2cccc(N)c2)C1=O)S(=O)(=O)c1ccc(C=NO)cc1. The molecule has 3 aromatic carbocycles.